The quantitative estimate of drug-likeness (QED) is 0.680. The molecule has 4 nitrogen and oxygen atoms in total. The molecule has 2 atom stereocenters. The van der Waals surface area contributed by atoms with Crippen molar-refractivity contribution in [2.45, 2.75) is 63.9 Å². The normalized spacial score (nSPS) is 24.0. The molecule has 0 radical (unpaired) electrons. The molecule has 16 heavy (non-hydrogen) atoms. The highest BCUT2D eigenvalue weighted by Crippen LogP contribution is 2.30. The summed E-state index contributed by atoms with van der Waals surface area (Å²) in [6.07, 6.45) is 4.34. The molecular weight excluding hydrogens is 208 g/mol. The summed E-state index contributed by atoms with van der Waals surface area (Å²) in [6.45, 7) is 4.11. The Bertz CT molecular complexity index is 189. The molecule has 96 valence electrons. The third-order valence-electron chi connectivity index (χ3n) is 2.93. The van der Waals surface area contributed by atoms with Gasteiger partial charge in [0.1, 0.15) is 0 Å². The van der Waals surface area contributed by atoms with Crippen molar-refractivity contribution in [1.29, 1.82) is 0 Å². The van der Waals surface area contributed by atoms with Crippen molar-refractivity contribution in [3.8, 4) is 0 Å². The Kier molecular flexibility index (Phi) is 5.69. The second kappa shape index (κ2) is 6.55. The van der Waals surface area contributed by atoms with Crippen LogP contribution in [0.2, 0.25) is 0 Å². The number of ether oxygens (including phenoxy) is 2. The maximum atomic E-state index is 10.1. The Balaban J connectivity index is 2.24. The topological polar surface area (TPSA) is 58.9 Å². The number of aliphatic hydroxyl groups excluding tert-OH is 1. The lowest BCUT2D eigenvalue weighted by molar-refractivity contribution is -0.250. The molecule has 4 heteroatoms. The fourth-order valence-electron chi connectivity index (χ4n) is 1.98. The Labute approximate surface area is 97.6 Å². The maximum absolute atomic E-state index is 10.1. The van der Waals surface area contributed by atoms with Gasteiger partial charge in [0.2, 0.25) is 0 Å². The van der Waals surface area contributed by atoms with Crippen LogP contribution in [0.5, 0.6) is 0 Å². The Morgan fingerprint density at radius 2 is 1.75 bits per heavy atom. The van der Waals surface area contributed by atoms with E-state index < -0.39 is 5.79 Å². The minimum absolute atomic E-state index is 0.0109. The summed E-state index contributed by atoms with van der Waals surface area (Å²) in [5.41, 5.74) is 0. The standard InChI is InChI=1S/C12H24O4/c1-10(8-13)15-9-11(2)16-12(14)6-4-3-5-7-12/h10-11,13-14H,3-9H2,1-2H3. The highest BCUT2D eigenvalue weighted by molar-refractivity contribution is 4.74. The van der Waals surface area contributed by atoms with E-state index in [4.69, 9.17) is 14.6 Å². The molecule has 0 saturated heterocycles. The van der Waals surface area contributed by atoms with Crippen molar-refractivity contribution in [2.24, 2.45) is 0 Å². The zero-order chi connectivity index (χ0) is 12.0. The molecule has 0 amide bonds. The summed E-state index contributed by atoms with van der Waals surface area (Å²) in [7, 11) is 0. The number of rotatable bonds is 6. The zero-order valence-electron chi connectivity index (χ0n) is 10.3. The lowest BCUT2D eigenvalue weighted by Crippen LogP contribution is -2.39. The average Bonchev–Trinajstić information content (AvgIpc) is 2.26. The summed E-state index contributed by atoms with van der Waals surface area (Å²) in [5, 5.41) is 18.9. The number of aliphatic hydroxyl groups is 2. The van der Waals surface area contributed by atoms with Crippen LogP contribution in [0.3, 0.4) is 0 Å². The van der Waals surface area contributed by atoms with Crippen LogP contribution < -0.4 is 0 Å². The molecular formula is C12H24O4. The largest absolute Gasteiger partial charge is 0.394 e. The van der Waals surface area contributed by atoms with E-state index in [9.17, 15) is 5.11 Å². The van der Waals surface area contributed by atoms with Gasteiger partial charge < -0.3 is 19.7 Å². The molecule has 1 saturated carbocycles. The predicted octanol–water partition coefficient (Wildman–Crippen LogP) is 1.44. The molecule has 1 rings (SSSR count). The zero-order valence-corrected chi connectivity index (χ0v) is 10.3. The van der Waals surface area contributed by atoms with Gasteiger partial charge in [0.25, 0.3) is 0 Å². The minimum atomic E-state index is -0.955. The highest BCUT2D eigenvalue weighted by atomic mass is 16.6. The Hall–Kier alpha value is -0.160. The van der Waals surface area contributed by atoms with Crippen LogP contribution in [0.25, 0.3) is 0 Å². The van der Waals surface area contributed by atoms with Gasteiger partial charge in [-0.15, -0.1) is 0 Å². The summed E-state index contributed by atoms with van der Waals surface area (Å²) in [4.78, 5) is 0. The van der Waals surface area contributed by atoms with Crippen molar-refractivity contribution < 1.29 is 19.7 Å². The van der Waals surface area contributed by atoms with Crippen LogP contribution in [0.15, 0.2) is 0 Å². The molecule has 0 spiro atoms. The first-order valence-corrected chi connectivity index (χ1v) is 6.18. The molecule has 1 aliphatic rings. The molecule has 0 aromatic heterocycles. The third-order valence-corrected chi connectivity index (χ3v) is 2.93. The Morgan fingerprint density at radius 1 is 1.12 bits per heavy atom. The SMILES string of the molecule is CC(CO)OCC(C)OC1(O)CCCCC1. The number of hydrogen-bond acceptors (Lipinski definition) is 4. The van der Waals surface area contributed by atoms with E-state index in [0.717, 1.165) is 12.8 Å². The van der Waals surface area contributed by atoms with Gasteiger partial charge in [0.15, 0.2) is 5.79 Å². The Morgan fingerprint density at radius 3 is 2.31 bits per heavy atom. The van der Waals surface area contributed by atoms with E-state index >= 15 is 0 Å². The van der Waals surface area contributed by atoms with Crippen LogP contribution in [0.1, 0.15) is 46.0 Å². The van der Waals surface area contributed by atoms with Crippen LogP contribution in [-0.4, -0.2) is 41.4 Å². The summed E-state index contributed by atoms with van der Waals surface area (Å²) in [6, 6.07) is 0. The van der Waals surface area contributed by atoms with E-state index in [1.807, 2.05) is 13.8 Å². The van der Waals surface area contributed by atoms with Crippen LogP contribution >= 0.6 is 0 Å². The van der Waals surface area contributed by atoms with Crippen LogP contribution in [-0.2, 0) is 9.47 Å². The summed E-state index contributed by atoms with van der Waals surface area (Å²) in [5.74, 6) is -0.955. The molecule has 1 aliphatic carbocycles. The van der Waals surface area contributed by atoms with Gasteiger partial charge in [0.05, 0.1) is 25.4 Å². The molecule has 2 N–H and O–H groups in total. The molecule has 1 fully saturated rings. The van der Waals surface area contributed by atoms with Gasteiger partial charge in [-0.25, -0.2) is 0 Å². The van der Waals surface area contributed by atoms with E-state index in [-0.39, 0.29) is 18.8 Å². The monoisotopic (exact) mass is 232 g/mol. The van der Waals surface area contributed by atoms with Gasteiger partial charge in [-0.3, -0.25) is 0 Å². The highest BCUT2D eigenvalue weighted by Gasteiger charge is 2.31. The average molecular weight is 232 g/mol. The third kappa shape index (κ3) is 4.78. The van der Waals surface area contributed by atoms with Gasteiger partial charge in [-0.05, 0) is 26.7 Å². The second-order valence-electron chi connectivity index (χ2n) is 4.76. The van der Waals surface area contributed by atoms with E-state index in [0.29, 0.717) is 19.4 Å². The maximum Gasteiger partial charge on any atom is 0.165 e. The van der Waals surface area contributed by atoms with Gasteiger partial charge >= 0.3 is 0 Å². The second-order valence-corrected chi connectivity index (χ2v) is 4.76. The van der Waals surface area contributed by atoms with Gasteiger partial charge in [-0.2, -0.15) is 0 Å². The fraction of sp³-hybridized carbons (Fsp3) is 1.00. The smallest absolute Gasteiger partial charge is 0.165 e. The van der Waals surface area contributed by atoms with Crippen molar-refractivity contribution in [1.82, 2.24) is 0 Å². The molecule has 0 heterocycles. The van der Waals surface area contributed by atoms with Gasteiger partial charge in [0, 0.05) is 12.8 Å². The van der Waals surface area contributed by atoms with Gasteiger partial charge in [-0.1, -0.05) is 6.42 Å². The van der Waals surface area contributed by atoms with Crippen molar-refractivity contribution in [3.63, 3.8) is 0 Å². The number of hydrogen-bond donors (Lipinski definition) is 2. The lowest BCUT2D eigenvalue weighted by Gasteiger charge is -2.34. The first-order chi connectivity index (χ1) is 7.56. The van der Waals surface area contributed by atoms with Crippen molar-refractivity contribution in [3.05, 3.63) is 0 Å². The molecule has 2 unspecified atom stereocenters. The van der Waals surface area contributed by atoms with Crippen LogP contribution in [0, 0.1) is 0 Å². The van der Waals surface area contributed by atoms with E-state index in [2.05, 4.69) is 0 Å². The minimum Gasteiger partial charge on any atom is -0.394 e. The lowest BCUT2D eigenvalue weighted by atomic mass is 9.94. The van der Waals surface area contributed by atoms with Crippen molar-refractivity contribution in [2.75, 3.05) is 13.2 Å². The summed E-state index contributed by atoms with van der Waals surface area (Å²) >= 11 is 0. The van der Waals surface area contributed by atoms with Crippen LogP contribution in [0.4, 0.5) is 0 Å². The first kappa shape index (κ1) is 13.9. The van der Waals surface area contributed by atoms with E-state index in [1.54, 1.807) is 0 Å². The predicted molar refractivity (Wildman–Crippen MR) is 61.1 cm³/mol. The molecule has 0 bridgehead atoms. The van der Waals surface area contributed by atoms with E-state index in [1.165, 1.54) is 6.42 Å². The molecule has 0 aliphatic heterocycles. The van der Waals surface area contributed by atoms with Crippen molar-refractivity contribution >= 4 is 0 Å². The first-order valence-electron chi connectivity index (χ1n) is 6.18. The molecule has 0 aromatic carbocycles. The molecule has 0 aromatic rings. The fourth-order valence-corrected chi connectivity index (χ4v) is 1.98. The summed E-state index contributed by atoms with van der Waals surface area (Å²) < 4.78 is 11.0.